The summed E-state index contributed by atoms with van der Waals surface area (Å²) >= 11 is 0. The summed E-state index contributed by atoms with van der Waals surface area (Å²) in [7, 11) is -3.04. The van der Waals surface area contributed by atoms with Crippen LogP contribution in [0.4, 0.5) is 0 Å². The molecule has 1 saturated heterocycles. The van der Waals surface area contributed by atoms with Gasteiger partial charge in [-0.15, -0.1) is 0 Å². The van der Waals surface area contributed by atoms with Gasteiger partial charge in [-0.25, -0.2) is 8.42 Å². The molecule has 0 aromatic heterocycles. The van der Waals surface area contributed by atoms with Gasteiger partial charge < -0.3 is 4.90 Å². The van der Waals surface area contributed by atoms with Gasteiger partial charge in [-0.2, -0.15) is 0 Å². The maximum Gasteiger partial charge on any atom is 0.223 e. The lowest BCUT2D eigenvalue weighted by Gasteiger charge is -2.23. The summed E-state index contributed by atoms with van der Waals surface area (Å²) in [4.78, 5) is 13.7. The molecule has 0 aromatic rings. The number of carbonyl (C=O) groups excluding carboxylic acids is 1. The Bertz CT molecular complexity index is 373. The van der Waals surface area contributed by atoms with E-state index in [9.17, 15) is 13.2 Å². The van der Waals surface area contributed by atoms with Gasteiger partial charge in [0.05, 0.1) is 5.75 Å². The van der Waals surface area contributed by atoms with E-state index in [2.05, 4.69) is 13.8 Å². The van der Waals surface area contributed by atoms with Gasteiger partial charge in [-0.1, -0.05) is 13.8 Å². The van der Waals surface area contributed by atoms with Crippen molar-refractivity contribution in [3.05, 3.63) is 0 Å². The molecule has 1 aliphatic heterocycles. The summed E-state index contributed by atoms with van der Waals surface area (Å²) in [6.45, 7) is 5.97. The average molecular weight is 261 g/mol. The van der Waals surface area contributed by atoms with E-state index in [-0.39, 0.29) is 18.1 Å². The highest BCUT2D eigenvalue weighted by Gasteiger charge is 2.25. The molecule has 1 heterocycles. The number of carbonyl (C=O) groups is 1. The number of hydrogen-bond acceptors (Lipinski definition) is 3. The van der Waals surface area contributed by atoms with Gasteiger partial charge in [0.25, 0.3) is 0 Å². The molecular formula is C12H23NO3S. The van der Waals surface area contributed by atoms with E-state index in [1.54, 1.807) is 0 Å². The Hall–Kier alpha value is -0.580. The lowest BCUT2D eigenvalue weighted by atomic mass is 9.85. The molecule has 1 aliphatic rings. The molecule has 4 nitrogen and oxygen atoms in total. The molecule has 0 spiro atoms. The van der Waals surface area contributed by atoms with E-state index in [1.807, 2.05) is 4.90 Å². The van der Waals surface area contributed by atoms with Crippen LogP contribution in [-0.4, -0.2) is 44.3 Å². The van der Waals surface area contributed by atoms with Crippen molar-refractivity contribution in [2.75, 3.05) is 25.1 Å². The van der Waals surface area contributed by atoms with Crippen LogP contribution in [-0.2, 0) is 14.6 Å². The summed E-state index contributed by atoms with van der Waals surface area (Å²) in [5.41, 5.74) is 0.297. The van der Waals surface area contributed by atoms with Crippen molar-refractivity contribution in [2.24, 2.45) is 5.41 Å². The third kappa shape index (κ3) is 5.52. The Kier molecular flexibility index (Phi) is 4.58. The highest BCUT2D eigenvalue weighted by atomic mass is 32.2. The summed E-state index contributed by atoms with van der Waals surface area (Å²) in [5.74, 6) is -0.0562. The Morgan fingerprint density at radius 3 is 2.47 bits per heavy atom. The van der Waals surface area contributed by atoms with Crippen molar-refractivity contribution >= 4 is 15.7 Å². The van der Waals surface area contributed by atoms with E-state index >= 15 is 0 Å². The molecular weight excluding hydrogens is 238 g/mol. The van der Waals surface area contributed by atoms with E-state index in [0.717, 1.165) is 32.4 Å². The molecule has 0 N–H and O–H groups in total. The summed E-state index contributed by atoms with van der Waals surface area (Å²) in [5, 5.41) is 0. The number of nitrogens with zero attached hydrogens (tertiary/aromatic N) is 1. The first-order valence-corrected chi connectivity index (χ1v) is 8.21. The Balaban J connectivity index is 2.48. The molecule has 17 heavy (non-hydrogen) atoms. The third-order valence-corrected chi connectivity index (χ3v) is 4.33. The molecule has 1 fully saturated rings. The van der Waals surface area contributed by atoms with Crippen molar-refractivity contribution < 1.29 is 13.2 Å². The smallest absolute Gasteiger partial charge is 0.223 e. The number of likely N-dealkylation sites (tertiary alicyclic amines) is 1. The van der Waals surface area contributed by atoms with E-state index in [1.165, 1.54) is 6.26 Å². The number of rotatable bonds is 3. The first-order chi connectivity index (χ1) is 7.70. The zero-order valence-corrected chi connectivity index (χ0v) is 11.8. The topological polar surface area (TPSA) is 54.5 Å². The largest absolute Gasteiger partial charge is 0.343 e. The predicted molar refractivity (Wildman–Crippen MR) is 68.5 cm³/mol. The van der Waals surface area contributed by atoms with Crippen molar-refractivity contribution in [1.82, 2.24) is 4.90 Å². The summed E-state index contributed by atoms with van der Waals surface area (Å²) < 4.78 is 22.0. The van der Waals surface area contributed by atoms with Gasteiger partial charge in [-0.05, 0) is 24.7 Å². The molecule has 1 rings (SSSR count). The van der Waals surface area contributed by atoms with Gasteiger partial charge in [0.15, 0.2) is 0 Å². The molecule has 0 radical (unpaired) electrons. The monoisotopic (exact) mass is 261 g/mol. The second kappa shape index (κ2) is 5.38. The van der Waals surface area contributed by atoms with E-state index in [4.69, 9.17) is 0 Å². The van der Waals surface area contributed by atoms with Crippen molar-refractivity contribution in [1.29, 1.82) is 0 Å². The minimum atomic E-state index is -3.04. The van der Waals surface area contributed by atoms with Crippen LogP contribution in [0.3, 0.4) is 0 Å². The maximum atomic E-state index is 11.9. The predicted octanol–water partition coefficient (Wildman–Crippen LogP) is 1.46. The fourth-order valence-electron chi connectivity index (χ4n) is 2.10. The third-order valence-electron chi connectivity index (χ3n) is 3.38. The van der Waals surface area contributed by atoms with Crippen molar-refractivity contribution in [3.8, 4) is 0 Å². The Morgan fingerprint density at radius 1 is 1.24 bits per heavy atom. The molecule has 5 heteroatoms. The van der Waals surface area contributed by atoms with Crippen LogP contribution < -0.4 is 0 Å². The standard InChI is InChI=1S/C12H23NO3S/c1-12(2)6-4-8-13(9-7-12)11(14)5-10-17(3,15)16/h4-10H2,1-3H3. The molecule has 0 aliphatic carbocycles. The molecule has 0 saturated carbocycles. The van der Waals surface area contributed by atoms with Gasteiger partial charge in [-0.3, -0.25) is 4.79 Å². The minimum Gasteiger partial charge on any atom is -0.343 e. The van der Waals surface area contributed by atoms with Gasteiger partial charge in [0.1, 0.15) is 9.84 Å². The molecule has 0 bridgehead atoms. The van der Waals surface area contributed by atoms with E-state index < -0.39 is 9.84 Å². The van der Waals surface area contributed by atoms with Crippen molar-refractivity contribution in [2.45, 2.75) is 39.5 Å². The fraction of sp³-hybridized carbons (Fsp3) is 0.917. The number of sulfone groups is 1. The van der Waals surface area contributed by atoms with Crippen LogP contribution >= 0.6 is 0 Å². The zero-order chi connectivity index (χ0) is 13.1. The summed E-state index contributed by atoms with van der Waals surface area (Å²) in [6, 6.07) is 0. The second-order valence-corrected chi connectivity index (χ2v) is 8.04. The molecule has 0 unspecified atom stereocenters. The van der Waals surface area contributed by atoms with E-state index in [0.29, 0.717) is 5.41 Å². The quantitative estimate of drug-likeness (QED) is 0.773. The normalized spacial score (nSPS) is 21.0. The zero-order valence-electron chi connectivity index (χ0n) is 11.0. The molecule has 1 amide bonds. The Morgan fingerprint density at radius 2 is 1.88 bits per heavy atom. The van der Waals surface area contributed by atoms with Gasteiger partial charge in [0, 0.05) is 25.8 Å². The first-order valence-electron chi connectivity index (χ1n) is 6.15. The first kappa shape index (κ1) is 14.5. The van der Waals surface area contributed by atoms with Crippen LogP contribution in [0.25, 0.3) is 0 Å². The lowest BCUT2D eigenvalue weighted by molar-refractivity contribution is -0.130. The van der Waals surface area contributed by atoms with Crippen molar-refractivity contribution in [3.63, 3.8) is 0 Å². The van der Waals surface area contributed by atoms with Crippen LogP contribution in [0.15, 0.2) is 0 Å². The van der Waals surface area contributed by atoms with Crippen LogP contribution in [0.1, 0.15) is 39.5 Å². The lowest BCUT2D eigenvalue weighted by Crippen LogP contribution is -2.33. The molecule has 0 aromatic carbocycles. The summed E-state index contributed by atoms with van der Waals surface area (Å²) in [6.07, 6.45) is 4.43. The van der Waals surface area contributed by atoms with Gasteiger partial charge >= 0.3 is 0 Å². The molecule has 0 atom stereocenters. The highest BCUT2D eigenvalue weighted by Crippen LogP contribution is 2.29. The SMILES string of the molecule is CC1(C)CCCN(C(=O)CCS(C)(=O)=O)CC1. The van der Waals surface area contributed by atoms with Crippen LogP contribution in [0.2, 0.25) is 0 Å². The van der Waals surface area contributed by atoms with Crippen LogP contribution in [0.5, 0.6) is 0 Å². The average Bonchev–Trinajstić information content (AvgIpc) is 2.35. The van der Waals surface area contributed by atoms with Gasteiger partial charge in [0.2, 0.25) is 5.91 Å². The van der Waals surface area contributed by atoms with Crippen LogP contribution in [0, 0.1) is 5.41 Å². The second-order valence-electron chi connectivity index (χ2n) is 5.78. The minimum absolute atomic E-state index is 0.0203. The number of hydrogen-bond donors (Lipinski definition) is 0. The number of amides is 1. The fourth-order valence-corrected chi connectivity index (χ4v) is 2.65. The Labute approximate surface area is 104 Å². The molecule has 100 valence electrons. The maximum absolute atomic E-state index is 11.9. The highest BCUT2D eigenvalue weighted by molar-refractivity contribution is 7.90.